The minimum absolute atomic E-state index is 0.286. The third-order valence-electron chi connectivity index (χ3n) is 3.89. The summed E-state index contributed by atoms with van der Waals surface area (Å²) in [4.78, 5) is 8.78. The largest absolute Gasteiger partial charge is 0.438 e. The Hall–Kier alpha value is -2.40. The fourth-order valence-corrected chi connectivity index (χ4v) is 3.68. The molecule has 0 spiro atoms. The van der Waals surface area contributed by atoms with Gasteiger partial charge in [0.05, 0.1) is 15.2 Å². The molecular weight excluding hydrogens is 448 g/mol. The predicted molar refractivity (Wildman–Crippen MR) is 148 cm³/mol. The van der Waals surface area contributed by atoms with Gasteiger partial charge in [-0.3, -0.25) is 0 Å². The summed E-state index contributed by atoms with van der Waals surface area (Å²) in [5, 5.41) is 13.9. The molecule has 0 aliphatic rings. The first-order valence-electron chi connectivity index (χ1n) is 11.3. The van der Waals surface area contributed by atoms with Gasteiger partial charge in [0.25, 0.3) is 0 Å². The van der Waals surface area contributed by atoms with Crippen molar-refractivity contribution in [3.8, 4) is 17.7 Å². The number of benzene rings is 1. The zero-order valence-corrected chi connectivity index (χ0v) is 23.0. The van der Waals surface area contributed by atoms with Crippen LogP contribution in [0.25, 0.3) is 16.3 Å². The van der Waals surface area contributed by atoms with Crippen molar-refractivity contribution in [3.63, 3.8) is 0 Å². The summed E-state index contributed by atoms with van der Waals surface area (Å²) in [6.07, 6.45) is 7.59. The van der Waals surface area contributed by atoms with Crippen molar-refractivity contribution >= 4 is 40.3 Å². The van der Waals surface area contributed by atoms with Crippen molar-refractivity contribution in [1.29, 1.82) is 5.26 Å². The SMILES string of the molecule is CC.CC.CS.Cc1nc2ccc(Oc3ccc(/C=C/[C@H](C)NC(C)C)cn3)c(C#N)c2s1. The van der Waals surface area contributed by atoms with Gasteiger partial charge in [-0.2, -0.15) is 17.9 Å². The van der Waals surface area contributed by atoms with Gasteiger partial charge < -0.3 is 10.1 Å². The van der Waals surface area contributed by atoms with Crippen LogP contribution < -0.4 is 10.1 Å². The van der Waals surface area contributed by atoms with Crippen LogP contribution in [-0.2, 0) is 0 Å². The van der Waals surface area contributed by atoms with Crippen LogP contribution in [0.5, 0.6) is 11.6 Å². The Labute approximate surface area is 209 Å². The average Bonchev–Trinajstić information content (AvgIpc) is 3.22. The lowest BCUT2D eigenvalue weighted by molar-refractivity contribution is 0.462. The van der Waals surface area contributed by atoms with Crippen LogP contribution in [0.2, 0.25) is 0 Å². The monoisotopic (exact) mass is 486 g/mol. The molecule has 0 aliphatic carbocycles. The molecule has 2 heterocycles. The van der Waals surface area contributed by atoms with E-state index in [2.05, 4.69) is 60.8 Å². The minimum atomic E-state index is 0.286. The van der Waals surface area contributed by atoms with Crippen LogP contribution in [0.3, 0.4) is 0 Å². The van der Waals surface area contributed by atoms with Gasteiger partial charge in [-0.25, -0.2) is 9.97 Å². The van der Waals surface area contributed by atoms with Gasteiger partial charge in [0, 0.05) is 24.3 Å². The Morgan fingerprint density at radius 1 is 1.09 bits per heavy atom. The van der Waals surface area contributed by atoms with E-state index in [9.17, 15) is 5.26 Å². The summed E-state index contributed by atoms with van der Waals surface area (Å²) >= 11 is 5.02. The lowest BCUT2D eigenvalue weighted by Crippen LogP contribution is -2.30. The van der Waals surface area contributed by atoms with Crippen molar-refractivity contribution in [1.82, 2.24) is 15.3 Å². The molecule has 3 rings (SSSR count). The van der Waals surface area contributed by atoms with E-state index in [-0.39, 0.29) is 6.04 Å². The van der Waals surface area contributed by atoms with Gasteiger partial charge in [0.1, 0.15) is 17.4 Å². The lowest BCUT2D eigenvalue weighted by atomic mass is 10.2. The molecule has 0 radical (unpaired) electrons. The number of aryl methyl sites for hydroxylation is 1. The summed E-state index contributed by atoms with van der Waals surface area (Å²) in [6, 6.07) is 10.4. The highest BCUT2D eigenvalue weighted by atomic mass is 32.1. The van der Waals surface area contributed by atoms with E-state index in [0.29, 0.717) is 23.2 Å². The molecule has 2 aromatic heterocycles. The van der Waals surface area contributed by atoms with Gasteiger partial charge in [-0.05, 0) is 43.9 Å². The van der Waals surface area contributed by atoms with E-state index in [1.165, 1.54) is 11.3 Å². The van der Waals surface area contributed by atoms with Crippen LogP contribution in [0, 0.1) is 18.3 Å². The van der Waals surface area contributed by atoms with Crippen molar-refractivity contribution in [2.45, 2.75) is 67.5 Å². The Bertz CT molecular complexity index is 1010. The second-order valence-corrected chi connectivity index (χ2v) is 7.84. The molecule has 0 aliphatic heterocycles. The Morgan fingerprint density at radius 2 is 1.76 bits per heavy atom. The molecule has 0 saturated carbocycles. The molecule has 0 saturated heterocycles. The minimum Gasteiger partial charge on any atom is -0.438 e. The summed E-state index contributed by atoms with van der Waals surface area (Å²) in [7, 11) is 0. The molecule has 0 bridgehead atoms. The average molecular weight is 487 g/mol. The fraction of sp³-hybridized carbons (Fsp3) is 0.423. The predicted octanol–water partition coefficient (Wildman–Crippen LogP) is 7.66. The number of hydrogen-bond acceptors (Lipinski definition) is 7. The Balaban J connectivity index is 0.00000158. The van der Waals surface area contributed by atoms with Gasteiger partial charge >= 0.3 is 0 Å². The maximum Gasteiger partial charge on any atom is 0.219 e. The molecule has 0 fully saturated rings. The maximum absolute atomic E-state index is 9.55. The second-order valence-electron chi connectivity index (χ2n) is 6.63. The molecule has 7 heteroatoms. The topological polar surface area (TPSA) is 70.8 Å². The van der Waals surface area contributed by atoms with Crippen molar-refractivity contribution in [2.75, 3.05) is 6.26 Å². The zero-order valence-electron chi connectivity index (χ0n) is 21.3. The summed E-state index contributed by atoms with van der Waals surface area (Å²) in [5.74, 6) is 0.955. The number of thiol groups is 1. The standard InChI is InChI=1S/C21H22N4OS.2C2H6.CH4S/c1-13(2)24-14(3)5-6-16-7-10-20(23-12-16)26-19-9-8-18-21(17(19)11-22)27-15(4)25-18;3*1-2/h5-10,12-14,24H,1-4H3;2*1-2H3;2H,1H3/b6-5+;;;/t14-;;;/m0.../s1. The molecule has 1 aromatic carbocycles. The fourth-order valence-electron chi connectivity index (χ4n) is 2.78. The van der Waals surface area contributed by atoms with Gasteiger partial charge in [0.15, 0.2) is 0 Å². The van der Waals surface area contributed by atoms with E-state index in [1.54, 1.807) is 18.5 Å². The van der Waals surface area contributed by atoms with Gasteiger partial charge in [0.2, 0.25) is 5.88 Å². The van der Waals surface area contributed by atoms with Crippen LogP contribution in [0.1, 0.15) is 64.6 Å². The molecule has 0 amide bonds. The number of ether oxygens (including phenoxy) is 1. The highest BCUT2D eigenvalue weighted by Crippen LogP contribution is 2.33. The molecule has 1 atom stereocenters. The van der Waals surface area contributed by atoms with Crippen LogP contribution >= 0.6 is 24.0 Å². The third-order valence-corrected chi connectivity index (χ3v) is 4.89. The van der Waals surface area contributed by atoms with Crippen LogP contribution in [0.4, 0.5) is 0 Å². The van der Waals surface area contributed by atoms with Crippen molar-refractivity contribution < 1.29 is 4.74 Å². The Morgan fingerprint density at radius 3 is 2.30 bits per heavy atom. The van der Waals surface area contributed by atoms with Crippen molar-refractivity contribution in [2.24, 2.45) is 0 Å². The van der Waals surface area contributed by atoms with E-state index in [4.69, 9.17) is 4.74 Å². The molecular formula is C26H38N4OS2. The zero-order chi connectivity index (χ0) is 25.4. The van der Waals surface area contributed by atoms with E-state index in [1.807, 2.05) is 58.9 Å². The molecule has 180 valence electrons. The molecule has 0 unspecified atom stereocenters. The molecule has 1 N–H and O–H groups in total. The number of hydrogen-bond donors (Lipinski definition) is 2. The number of thiazole rings is 1. The number of nitrogens with zero attached hydrogens (tertiary/aromatic N) is 3. The quantitative estimate of drug-likeness (QED) is 0.350. The first-order chi connectivity index (χ1) is 16.0. The van der Waals surface area contributed by atoms with Crippen LogP contribution in [0.15, 0.2) is 36.5 Å². The summed E-state index contributed by atoms with van der Waals surface area (Å²) in [5.41, 5.74) is 2.31. The Kier molecular flexibility index (Phi) is 15.9. The first kappa shape index (κ1) is 30.6. The van der Waals surface area contributed by atoms with E-state index in [0.717, 1.165) is 20.8 Å². The molecule has 5 nitrogen and oxygen atoms in total. The maximum atomic E-state index is 9.55. The first-order valence-corrected chi connectivity index (χ1v) is 13.0. The molecule has 33 heavy (non-hydrogen) atoms. The number of fused-ring (bicyclic) bond motifs is 1. The lowest BCUT2D eigenvalue weighted by Gasteiger charge is -2.12. The highest BCUT2D eigenvalue weighted by molar-refractivity contribution is 7.79. The number of nitriles is 1. The molecule has 3 aromatic rings. The number of nitrogens with one attached hydrogen (secondary N) is 1. The number of rotatable bonds is 6. The van der Waals surface area contributed by atoms with E-state index >= 15 is 0 Å². The number of pyridine rings is 1. The van der Waals surface area contributed by atoms with Crippen LogP contribution in [-0.4, -0.2) is 28.3 Å². The normalized spacial score (nSPS) is 10.8. The van der Waals surface area contributed by atoms with Crippen molar-refractivity contribution in [3.05, 3.63) is 52.7 Å². The second kappa shape index (κ2) is 17.1. The highest BCUT2D eigenvalue weighted by Gasteiger charge is 2.13. The summed E-state index contributed by atoms with van der Waals surface area (Å²) < 4.78 is 6.71. The smallest absolute Gasteiger partial charge is 0.219 e. The van der Waals surface area contributed by atoms with E-state index < -0.39 is 0 Å². The third kappa shape index (κ3) is 9.95. The van der Waals surface area contributed by atoms with Gasteiger partial charge in [-0.15, -0.1) is 11.3 Å². The van der Waals surface area contributed by atoms with Gasteiger partial charge in [-0.1, -0.05) is 53.7 Å². The summed E-state index contributed by atoms with van der Waals surface area (Å²) in [6.45, 7) is 16.3. The number of aromatic nitrogens is 2.